The van der Waals surface area contributed by atoms with Crippen molar-refractivity contribution in [2.75, 3.05) is 0 Å². The summed E-state index contributed by atoms with van der Waals surface area (Å²) in [6.45, 7) is 8.60. The van der Waals surface area contributed by atoms with Crippen LogP contribution in [0, 0.1) is 11.8 Å². The van der Waals surface area contributed by atoms with E-state index < -0.39 is 16.0 Å². The second-order valence-corrected chi connectivity index (χ2v) is 13.2. The van der Waals surface area contributed by atoms with Gasteiger partial charge in [-0.3, -0.25) is 0 Å². The summed E-state index contributed by atoms with van der Waals surface area (Å²) in [5.74, 6) is 1.15. The first-order valence-corrected chi connectivity index (χ1v) is 11.9. The van der Waals surface area contributed by atoms with Gasteiger partial charge < -0.3 is 0 Å². The normalized spacial score (nSPS) is 11.3. The van der Waals surface area contributed by atoms with E-state index in [-0.39, 0.29) is 4.56 Å². The van der Waals surface area contributed by atoms with Crippen LogP contribution in [0.5, 0.6) is 0 Å². The van der Waals surface area contributed by atoms with E-state index >= 15 is 0 Å². The Morgan fingerprint density at radius 3 is 1.87 bits per heavy atom. The van der Waals surface area contributed by atoms with Crippen molar-refractivity contribution in [3.05, 3.63) is 0 Å². The number of nitrogens with zero attached hydrogens (tertiary/aromatic N) is 1. The molecular weight excluding hydrogens is 284 g/mol. The number of carbonyl (C=O) groups is 1. The Kier molecular flexibility index (Phi) is 8.33. The Hall–Kier alpha value is 0.753. The van der Waals surface area contributed by atoms with Gasteiger partial charge >= 0.3 is 109 Å². The number of hydrogen-bond acceptors (Lipinski definition) is 5. The third-order valence-electron chi connectivity index (χ3n) is 2.44. The molecule has 6 heteroatoms. The number of hydrogen-bond donors (Lipinski definition) is 2. The van der Waals surface area contributed by atoms with Crippen LogP contribution >= 0.6 is 25.6 Å². The summed E-state index contributed by atoms with van der Waals surface area (Å²) in [5, 5.41) is 2.10. The first-order chi connectivity index (χ1) is 6.82. The predicted octanol–water partition coefficient (Wildman–Crippen LogP) is 3.80. The quantitative estimate of drug-likeness (QED) is 0.444. The van der Waals surface area contributed by atoms with Gasteiger partial charge in [-0.05, 0) is 0 Å². The van der Waals surface area contributed by atoms with Crippen molar-refractivity contribution in [3.63, 3.8) is 0 Å². The van der Waals surface area contributed by atoms with Gasteiger partial charge in [-0.15, -0.1) is 0 Å². The van der Waals surface area contributed by atoms with E-state index in [0.29, 0.717) is 11.8 Å². The average Bonchev–Trinajstić information content (AvgIpc) is 1.99. The summed E-state index contributed by atoms with van der Waals surface area (Å²) in [6.07, 6.45) is 0. The van der Waals surface area contributed by atoms with Gasteiger partial charge in [-0.1, -0.05) is 0 Å². The van der Waals surface area contributed by atoms with Crippen LogP contribution in [0.2, 0.25) is 10.0 Å². The molecule has 0 aromatic rings. The molecule has 0 aromatic heterocycles. The van der Waals surface area contributed by atoms with Gasteiger partial charge in [0.2, 0.25) is 0 Å². The molecule has 0 fully saturated rings. The Morgan fingerprint density at radius 1 is 1.20 bits per heavy atom. The number of carbonyl (C=O) groups excluding carboxylic acids is 1. The van der Waals surface area contributed by atoms with Gasteiger partial charge in [0.05, 0.1) is 0 Å². The summed E-state index contributed by atoms with van der Waals surface area (Å²) in [4.78, 5) is 16.7. The zero-order chi connectivity index (χ0) is 12.0. The van der Waals surface area contributed by atoms with Crippen molar-refractivity contribution < 1.29 is 25.6 Å². The summed E-state index contributed by atoms with van der Waals surface area (Å²) in [6, 6.07) is 0. The fraction of sp³-hybridized carbons (Fsp3) is 0.889. The molecule has 0 heterocycles. The molecular formula is C9H20NO2S2Zn. The van der Waals surface area contributed by atoms with E-state index in [1.807, 2.05) is 0 Å². The standard InChI is InChI=1S/2C4H9.CH2NO2S2.Zn/c2*1-4(2)3;3-1-4-2(5)6;/h2*4H,1H2,2-3H3;5-6H;. The summed E-state index contributed by atoms with van der Waals surface area (Å²) < 4.78 is 0.870. The van der Waals surface area contributed by atoms with Crippen LogP contribution in [-0.4, -0.2) is 8.44 Å². The Morgan fingerprint density at radius 2 is 1.60 bits per heavy atom. The van der Waals surface area contributed by atoms with Crippen LogP contribution < -0.4 is 0 Å². The maximum atomic E-state index is 11.8. The first kappa shape index (κ1) is 15.8. The van der Waals surface area contributed by atoms with Crippen LogP contribution in [0.25, 0.3) is 0 Å². The minimum absolute atomic E-state index is 0.0394. The molecule has 0 saturated heterocycles. The molecule has 3 nitrogen and oxygen atoms in total. The second-order valence-electron chi connectivity index (χ2n) is 4.93. The van der Waals surface area contributed by atoms with Crippen molar-refractivity contribution in [1.29, 1.82) is 0 Å². The van der Waals surface area contributed by atoms with Gasteiger partial charge in [-0.2, -0.15) is 0 Å². The predicted molar refractivity (Wildman–Crippen MR) is 65.6 cm³/mol. The third-order valence-corrected chi connectivity index (χ3v) is 12.4. The van der Waals surface area contributed by atoms with Gasteiger partial charge in [-0.25, -0.2) is 0 Å². The van der Waals surface area contributed by atoms with Gasteiger partial charge in [0.25, 0.3) is 0 Å². The van der Waals surface area contributed by atoms with Gasteiger partial charge in [0, 0.05) is 0 Å². The molecule has 0 bridgehead atoms. The summed E-state index contributed by atoms with van der Waals surface area (Å²) in [5.41, 5.74) is 0. The molecule has 0 aromatic carbocycles. The zero-order valence-electron chi connectivity index (χ0n) is 9.93. The van der Waals surface area contributed by atoms with Crippen molar-refractivity contribution in [3.8, 4) is 0 Å². The molecule has 15 heavy (non-hydrogen) atoms. The number of thiol groups is 2. The molecule has 87 valence electrons. The van der Waals surface area contributed by atoms with Crippen LogP contribution in [0.4, 0.5) is 4.79 Å². The van der Waals surface area contributed by atoms with E-state index in [9.17, 15) is 4.79 Å². The Labute approximate surface area is 109 Å². The van der Waals surface area contributed by atoms with E-state index in [2.05, 4.69) is 53.3 Å². The molecule has 0 radical (unpaired) electrons. The molecule has 0 spiro atoms. The fourth-order valence-electron chi connectivity index (χ4n) is 1.93. The van der Waals surface area contributed by atoms with Gasteiger partial charge in [0.15, 0.2) is 0 Å². The average molecular weight is 304 g/mol. The molecule has 0 unspecified atom stereocenters. The van der Waals surface area contributed by atoms with Crippen molar-refractivity contribution >= 4 is 30.2 Å². The zero-order valence-corrected chi connectivity index (χ0v) is 14.7. The third kappa shape index (κ3) is 8.55. The van der Waals surface area contributed by atoms with E-state index in [1.165, 1.54) is 0 Å². The Balaban J connectivity index is 4.27. The summed E-state index contributed by atoms with van der Waals surface area (Å²) in [7, 11) is 0. The number of rotatable bonds is 6. The molecule has 0 atom stereocenters. The molecule has 0 aliphatic carbocycles. The first-order valence-electron chi connectivity index (χ1n) is 5.47. The van der Waals surface area contributed by atoms with E-state index in [0.717, 1.165) is 13.9 Å². The van der Waals surface area contributed by atoms with Crippen LogP contribution in [0.15, 0.2) is 0 Å². The van der Waals surface area contributed by atoms with E-state index in [4.69, 9.17) is 4.84 Å². The summed E-state index contributed by atoms with van der Waals surface area (Å²) >= 11 is 5.38. The molecule has 0 amide bonds. The fourth-order valence-corrected chi connectivity index (χ4v) is 10.6. The van der Waals surface area contributed by atoms with Crippen molar-refractivity contribution in [1.82, 2.24) is 3.87 Å². The van der Waals surface area contributed by atoms with Crippen LogP contribution in [0.1, 0.15) is 27.7 Å². The monoisotopic (exact) mass is 302 g/mol. The van der Waals surface area contributed by atoms with Crippen LogP contribution in [-0.2, 0) is 20.8 Å². The maximum absolute atomic E-state index is 11.8. The minimum atomic E-state index is -2.22. The molecule has 0 aliphatic rings. The molecule has 0 rings (SSSR count). The van der Waals surface area contributed by atoms with Crippen molar-refractivity contribution in [2.45, 2.75) is 37.7 Å². The van der Waals surface area contributed by atoms with Crippen molar-refractivity contribution in [2.24, 2.45) is 11.8 Å². The second kappa shape index (κ2) is 7.94. The Bertz CT molecular complexity index is 191. The van der Waals surface area contributed by atoms with Gasteiger partial charge in [0.1, 0.15) is 0 Å². The molecule has 0 aliphatic heterocycles. The topological polar surface area (TPSA) is 29.5 Å². The molecule has 0 saturated carbocycles. The molecule has 0 N–H and O–H groups in total. The van der Waals surface area contributed by atoms with Crippen LogP contribution in [0.3, 0.4) is 0 Å². The SMILES string of the molecule is CC(C)[CH2][Zn]([CH2]C(C)C)[C](=O)ON(S)S. The van der Waals surface area contributed by atoms with E-state index in [1.54, 1.807) is 0 Å².